The van der Waals surface area contributed by atoms with Crippen molar-refractivity contribution in [1.82, 2.24) is 14.7 Å². The normalized spacial score (nSPS) is 11.2. The third-order valence-corrected chi connectivity index (χ3v) is 3.89. The summed E-state index contributed by atoms with van der Waals surface area (Å²) in [5.74, 6) is 0.695. The molecule has 0 saturated carbocycles. The quantitative estimate of drug-likeness (QED) is 0.661. The molecular weight excluding hydrogens is 326 g/mol. The van der Waals surface area contributed by atoms with Gasteiger partial charge in [-0.05, 0) is 54.8 Å². The predicted molar refractivity (Wildman–Crippen MR) is 103 cm³/mol. The summed E-state index contributed by atoms with van der Waals surface area (Å²) in [7, 11) is 0. The maximum absolute atomic E-state index is 12.0. The maximum atomic E-state index is 12.0. The molecule has 2 aromatic heterocycles. The Kier molecular flexibility index (Phi) is 5.69. The predicted octanol–water partition coefficient (Wildman–Crippen LogP) is 3.76. The Morgan fingerprint density at radius 2 is 2.08 bits per heavy atom. The van der Waals surface area contributed by atoms with E-state index in [2.05, 4.69) is 17.2 Å². The van der Waals surface area contributed by atoms with Gasteiger partial charge in [0.25, 0.3) is 0 Å². The van der Waals surface area contributed by atoms with Gasteiger partial charge in [-0.25, -0.2) is 4.98 Å². The second kappa shape index (κ2) is 8.34. The van der Waals surface area contributed by atoms with Crippen molar-refractivity contribution >= 4 is 17.6 Å². The number of benzene rings is 1. The van der Waals surface area contributed by atoms with Crippen molar-refractivity contribution in [3.8, 4) is 5.75 Å². The largest absolute Gasteiger partial charge is 0.494 e. The second-order valence-electron chi connectivity index (χ2n) is 6.17. The van der Waals surface area contributed by atoms with Crippen LogP contribution in [-0.4, -0.2) is 21.9 Å². The number of ether oxygens (including phenoxy) is 1. The van der Waals surface area contributed by atoms with Gasteiger partial charge in [0.05, 0.1) is 18.8 Å². The van der Waals surface area contributed by atoms with Crippen molar-refractivity contribution in [2.75, 3.05) is 6.61 Å². The van der Waals surface area contributed by atoms with E-state index in [1.54, 1.807) is 6.08 Å². The first-order valence-corrected chi connectivity index (χ1v) is 8.77. The van der Waals surface area contributed by atoms with Gasteiger partial charge in [0.1, 0.15) is 11.4 Å². The molecule has 26 heavy (non-hydrogen) atoms. The van der Waals surface area contributed by atoms with Crippen molar-refractivity contribution in [2.45, 2.75) is 26.8 Å². The number of imidazole rings is 1. The minimum absolute atomic E-state index is 0.149. The number of carbonyl (C=O) groups is 1. The number of fused-ring (bicyclic) bond motifs is 1. The summed E-state index contributed by atoms with van der Waals surface area (Å²) in [6.07, 6.45) is 8.19. The fraction of sp³-hybridized carbons (Fsp3) is 0.238. The van der Waals surface area contributed by atoms with E-state index in [1.165, 1.54) is 6.08 Å². The van der Waals surface area contributed by atoms with Gasteiger partial charge >= 0.3 is 0 Å². The van der Waals surface area contributed by atoms with Crippen molar-refractivity contribution in [3.63, 3.8) is 0 Å². The van der Waals surface area contributed by atoms with Gasteiger partial charge in [-0.15, -0.1) is 0 Å². The molecule has 134 valence electrons. The first-order valence-electron chi connectivity index (χ1n) is 8.77. The molecule has 0 aliphatic carbocycles. The summed E-state index contributed by atoms with van der Waals surface area (Å²) in [5.41, 5.74) is 3.82. The molecule has 1 amide bonds. The summed E-state index contributed by atoms with van der Waals surface area (Å²) in [6, 6.07) is 11.7. The number of nitrogens with one attached hydrogen (secondary N) is 1. The lowest BCUT2D eigenvalue weighted by molar-refractivity contribution is -0.116. The zero-order chi connectivity index (χ0) is 18.4. The number of aryl methyl sites for hydroxylation is 1. The first kappa shape index (κ1) is 17.7. The van der Waals surface area contributed by atoms with E-state index in [0.717, 1.165) is 34.6 Å². The maximum Gasteiger partial charge on any atom is 0.244 e. The molecular formula is C21H23N3O2. The Bertz CT molecular complexity index is 911. The Balaban J connectivity index is 1.53. The van der Waals surface area contributed by atoms with Crippen LogP contribution in [-0.2, 0) is 11.3 Å². The van der Waals surface area contributed by atoms with Crippen LogP contribution in [0, 0.1) is 6.92 Å². The molecule has 0 radical (unpaired) electrons. The summed E-state index contributed by atoms with van der Waals surface area (Å²) in [5, 5.41) is 2.86. The van der Waals surface area contributed by atoms with Gasteiger partial charge in [-0.3, -0.25) is 4.79 Å². The minimum atomic E-state index is -0.149. The molecule has 5 nitrogen and oxygen atoms in total. The molecule has 0 bridgehead atoms. The van der Waals surface area contributed by atoms with Crippen LogP contribution >= 0.6 is 0 Å². The number of hydrogen-bond donors (Lipinski definition) is 1. The average Bonchev–Trinajstić information content (AvgIpc) is 3.06. The Hall–Kier alpha value is -3.08. The summed E-state index contributed by atoms with van der Waals surface area (Å²) < 4.78 is 7.49. The minimum Gasteiger partial charge on any atom is -0.494 e. The molecule has 1 N–H and O–H groups in total. The molecule has 0 fully saturated rings. The Labute approximate surface area is 153 Å². The average molecular weight is 349 g/mol. The number of nitrogens with zero attached hydrogens (tertiary/aromatic N) is 2. The highest BCUT2D eigenvalue weighted by atomic mass is 16.5. The van der Waals surface area contributed by atoms with Crippen molar-refractivity contribution in [3.05, 3.63) is 71.7 Å². The number of amides is 1. The number of carbonyl (C=O) groups excluding carboxylic acids is 1. The first-order chi connectivity index (χ1) is 12.6. The smallest absolute Gasteiger partial charge is 0.244 e. The van der Waals surface area contributed by atoms with Crippen molar-refractivity contribution < 1.29 is 9.53 Å². The molecule has 5 heteroatoms. The van der Waals surface area contributed by atoms with Crippen LogP contribution in [0.25, 0.3) is 11.7 Å². The van der Waals surface area contributed by atoms with E-state index in [4.69, 9.17) is 4.74 Å². The topological polar surface area (TPSA) is 55.6 Å². The molecule has 0 aliphatic rings. The van der Waals surface area contributed by atoms with E-state index in [0.29, 0.717) is 13.2 Å². The number of aromatic nitrogens is 2. The van der Waals surface area contributed by atoms with Gasteiger partial charge in [-0.1, -0.05) is 19.1 Å². The molecule has 3 aromatic rings. The van der Waals surface area contributed by atoms with Gasteiger partial charge in [0, 0.05) is 18.5 Å². The van der Waals surface area contributed by atoms with Crippen molar-refractivity contribution in [1.29, 1.82) is 0 Å². The summed E-state index contributed by atoms with van der Waals surface area (Å²) >= 11 is 0. The molecule has 0 atom stereocenters. The number of rotatable bonds is 7. The van der Waals surface area contributed by atoms with Crippen LogP contribution in [0.3, 0.4) is 0 Å². The van der Waals surface area contributed by atoms with Crippen LogP contribution in [0.2, 0.25) is 0 Å². The molecule has 1 aromatic carbocycles. The van der Waals surface area contributed by atoms with Crippen LogP contribution in [0.5, 0.6) is 5.75 Å². The summed E-state index contributed by atoms with van der Waals surface area (Å²) in [4.78, 5) is 16.5. The lowest BCUT2D eigenvalue weighted by Gasteiger charge is -2.04. The highest BCUT2D eigenvalue weighted by Crippen LogP contribution is 2.13. The SMILES string of the molecule is CCCOc1ccc(/C=C/C(=O)NCc2cn3ccc(C)cc3n2)cc1. The van der Waals surface area contributed by atoms with E-state index in [1.807, 2.05) is 60.1 Å². The lowest BCUT2D eigenvalue weighted by atomic mass is 10.2. The summed E-state index contributed by atoms with van der Waals surface area (Å²) in [6.45, 7) is 5.21. The second-order valence-corrected chi connectivity index (χ2v) is 6.17. The monoisotopic (exact) mass is 349 g/mol. The van der Waals surface area contributed by atoms with Gasteiger partial charge in [-0.2, -0.15) is 0 Å². The van der Waals surface area contributed by atoms with Gasteiger partial charge in [0.15, 0.2) is 0 Å². The molecule has 3 rings (SSSR count). The van der Waals surface area contributed by atoms with Crippen molar-refractivity contribution in [2.24, 2.45) is 0 Å². The van der Waals surface area contributed by atoms with Gasteiger partial charge < -0.3 is 14.5 Å². The molecule has 0 spiro atoms. The Morgan fingerprint density at radius 3 is 2.85 bits per heavy atom. The fourth-order valence-electron chi connectivity index (χ4n) is 2.53. The van der Waals surface area contributed by atoms with Crippen LogP contribution in [0.4, 0.5) is 0 Å². The molecule has 0 saturated heterocycles. The van der Waals surface area contributed by atoms with Crippen LogP contribution in [0.1, 0.15) is 30.2 Å². The van der Waals surface area contributed by atoms with E-state index in [9.17, 15) is 4.79 Å². The van der Waals surface area contributed by atoms with E-state index >= 15 is 0 Å². The number of hydrogen-bond acceptors (Lipinski definition) is 3. The molecule has 2 heterocycles. The fourth-order valence-corrected chi connectivity index (χ4v) is 2.53. The molecule has 0 unspecified atom stereocenters. The van der Waals surface area contributed by atoms with Crippen LogP contribution in [0.15, 0.2) is 54.9 Å². The standard InChI is InChI=1S/C21H23N3O2/c1-3-12-26-19-7-4-17(5-8-19)6-9-21(25)22-14-18-15-24-11-10-16(2)13-20(24)23-18/h4-11,13,15H,3,12,14H2,1-2H3,(H,22,25)/b9-6+. The van der Waals surface area contributed by atoms with Gasteiger partial charge in [0.2, 0.25) is 5.91 Å². The third-order valence-electron chi connectivity index (χ3n) is 3.89. The van der Waals surface area contributed by atoms with Crippen LogP contribution < -0.4 is 10.1 Å². The lowest BCUT2D eigenvalue weighted by Crippen LogP contribution is -2.20. The molecule has 0 aliphatic heterocycles. The number of pyridine rings is 1. The Morgan fingerprint density at radius 1 is 1.27 bits per heavy atom. The van der Waals surface area contributed by atoms with E-state index < -0.39 is 0 Å². The zero-order valence-electron chi connectivity index (χ0n) is 15.1. The highest BCUT2D eigenvalue weighted by molar-refractivity contribution is 5.91. The third kappa shape index (κ3) is 4.72. The zero-order valence-corrected chi connectivity index (χ0v) is 15.1. The highest BCUT2D eigenvalue weighted by Gasteiger charge is 2.03. The van der Waals surface area contributed by atoms with E-state index in [-0.39, 0.29) is 5.91 Å².